The van der Waals surface area contributed by atoms with Crippen molar-refractivity contribution in [1.82, 2.24) is 5.43 Å². The Hall–Kier alpha value is -3.22. The van der Waals surface area contributed by atoms with Gasteiger partial charge in [-0.25, -0.2) is 5.43 Å². The van der Waals surface area contributed by atoms with Crippen molar-refractivity contribution < 1.29 is 23.7 Å². The van der Waals surface area contributed by atoms with Crippen LogP contribution in [-0.4, -0.2) is 40.6 Å². The largest absolute Gasteiger partial charge is 0.497 e. The Labute approximate surface area is 146 Å². The number of benzene rings is 2. The monoisotopic (exact) mass is 344 g/mol. The van der Waals surface area contributed by atoms with E-state index in [-0.39, 0.29) is 5.91 Å². The molecular weight excluding hydrogens is 324 g/mol. The van der Waals surface area contributed by atoms with Gasteiger partial charge in [-0.2, -0.15) is 5.10 Å². The minimum absolute atomic E-state index is 0.335. The highest BCUT2D eigenvalue weighted by atomic mass is 16.5. The number of rotatable bonds is 7. The van der Waals surface area contributed by atoms with Crippen molar-refractivity contribution in [2.75, 3.05) is 28.4 Å². The summed E-state index contributed by atoms with van der Waals surface area (Å²) in [4.78, 5) is 12.1. The molecule has 0 saturated carbocycles. The van der Waals surface area contributed by atoms with Crippen molar-refractivity contribution in [2.45, 2.75) is 0 Å². The van der Waals surface area contributed by atoms with Crippen molar-refractivity contribution in [3.63, 3.8) is 0 Å². The zero-order valence-corrected chi connectivity index (χ0v) is 14.5. The Bertz CT molecular complexity index is 757. The molecule has 1 N–H and O–H groups in total. The zero-order chi connectivity index (χ0) is 18.2. The number of carbonyl (C=O) groups is 1. The highest BCUT2D eigenvalue weighted by Crippen LogP contribution is 2.33. The number of hydrogen-bond acceptors (Lipinski definition) is 6. The molecule has 132 valence electrons. The molecule has 0 aliphatic carbocycles. The van der Waals surface area contributed by atoms with Crippen LogP contribution in [0.5, 0.6) is 23.0 Å². The summed E-state index contributed by atoms with van der Waals surface area (Å²) in [7, 11) is 6.18. The van der Waals surface area contributed by atoms with E-state index in [1.807, 2.05) is 0 Å². The van der Waals surface area contributed by atoms with Crippen LogP contribution < -0.4 is 24.4 Å². The molecule has 0 atom stereocenters. The molecule has 0 spiro atoms. The molecule has 0 unspecified atom stereocenters. The van der Waals surface area contributed by atoms with E-state index in [1.54, 1.807) is 50.6 Å². The first-order valence-corrected chi connectivity index (χ1v) is 7.40. The average Bonchev–Trinajstić information content (AvgIpc) is 2.67. The van der Waals surface area contributed by atoms with Crippen LogP contribution in [0.2, 0.25) is 0 Å². The number of nitrogens with one attached hydrogen (secondary N) is 1. The smallest absolute Gasteiger partial charge is 0.271 e. The Balaban J connectivity index is 2.13. The van der Waals surface area contributed by atoms with Gasteiger partial charge in [-0.3, -0.25) is 4.79 Å². The van der Waals surface area contributed by atoms with Crippen LogP contribution in [0.1, 0.15) is 15.9 Å². The summed E-state index contributed by atoms with van der Waals surface area (Å²) < 4.78 is 20.8. The van der Waals surface area contributed by atoms with Gasteiger partial charge < -0.3 is 18.9 Å². The molecule has 0 saturated heterocycles. The first-order valence-electron chi connectivity index (χ1n) is 7.40. The molecule has 2 aromatic rings. The van der Waals surface area contributed by atoms with Gasteiger partial charge in [0.1, 0.15) is 11.5 Å². The molecule has 2 aromatic carbocycles. The number of ether oxygens (including phenoxy) is 4. The number of hydrazone groups is 1. The molecule has 0 aromatic heterocycles. The third-order valence-electron chi connectivity index (χ3n) is 3.46. The minimum Gasteiger partial charge on any atom is -0.497 e. The Morgan fingerprint density at radius 2 is 1.48 bits per heavy atom. The molecular formula is C18H20N2O5. The van der Waals surface area contributed by atoms with Gasteiger partial charge in [0, 0.05) is 17.2 Å². The predicted molar refractivity (Wildman–Crippen MR) is 94.2 cm³/mol. The van der Waals surface area contributed by atoms with E-state index in [2.05, 4.69) is 10.5 Å². The molecule has 0 heterocycles. The lowest BCUT2D eigenvalue weighted by atomic mass is 10.2. The Morgan fingerprint density at radius 3 is 2.04 bits per heavy atom. The van der Waals surface area contributed by atoms with Gasteiger partial charge in [0.05, 0.1) is 34.7 Å². The highest BCUT2D eigenvalue weighted by Gasteiger charge is 2.11. The summed E-state index contributed by atoms with van der Waals surface area (Å²) >= 11 is 0. The third kappa shape index (κ3) is 4.41. The maximum absolute atomic E-state index is 12.1. The quantitative estimate of drug-likeness (QED) is 0.617. The predicted octanol–water partition coefficient (Wildman–Crippen LogP) is 2.48. The topological polar surface area (TPSA) is 78.4 Å². The Morgan fingerprint density at radius 1 is 0.880 bits per heavy atom. The molecule has 0 aliphatic rings. The van der Waals surface area contributed by atoms with E-state index in [0.29, 0.717) is 34.1 Å². The van der Waals surface area contributed by atoms with Crippen molar-refractivity contribution in [3.05, 3.63) is 47.5 Å². The van der Waals surface area contributed by atoms with E-state index in [4.69, 9.17) is 18.9 Å². The van der Waals surface area contributed by atoms with E-state index in [1.165, 1.54) is 20.4 Å². The van der Waals surface area contributed by atoms with Crippen LogP contribution >= 0.6 is 0 Å². The van der Waals surface area contributed by atoms with Crippen LogP contribution in [0.3, 0.4) is 0 Å². The van der Waals surface area contributed by atoms with Gasteiger partial charge in [-0.1, -0.05) is 0 Å². The Kier molecular flexibility index (Phi) is 6.22. The van der Waals surface area contributed by atoms with E-state index < -0.39 is 0 Å². The zero-order valence-electron chi connectivity index (χ0n) is 14.5. The maximum Gasteiger partial charge on any atom is 0.271 e. The van der Waals surface area contributed by atoms with Gasteiger partial charge in [0.25, 0.3) is 5.91 Å². The molecule has 25 heavy (non-hydrogen) atoms. The van der Waals surface area contributed by atoms with Gasteiger partial charge in [0.15, 0.2) is 11.5 Å². The number of carbonyl (C=O) groups excluding carboxylic acids is 1. The van der Waals surface area contributed by atoms with Crippen LogP contribution in [-0.2, 0) is 0 Å². The van der Waals surface area contributed by atoms with Crippen molar-refractivity contribution in [3.8, 4) is 23.0 Å². The van der Waals surface area contributed by atoms with Gasteiger partial charge in [0.2, 0.25) is 0 Å². The second-order valence-corrected chi connectivity index (χ2v) is 4.88. The summed E-state index contributed by atoms with van der Waals surface area (Å²) in [5, 5.41) is 3.97. The summed E-state index contributed by atoms with van der Waals surface area (Å²) in [6.45, 7) is 0. The molecule has 7 nitrogen and oxygen atoms in total. The van der Waals surface area contributed by atoms with E-state index in [0.717, 1.165) is 0 Å². The molecule has 0 bridgehead atoms. The highest BCUT2D eigenvalue weighted by molar-refractivity contribution is 5.95. The first kappa shape index (κ1) is 18.1. The fourth-order valence-corrected chi connectivity index (χ4v) is 2.12. The second-order valence-electron chi connectivity index (χ2n) is 4.88. The number of hydrogen-bond donors (Lipinski definition) is 1. The standard InChI is InChI=1S/C18H20N2O5/c1-22-14-7-5-12(6-8-14)18(21)20-19-11-13-9-16(24-3)17(25-4)10-15(13)23-2/h5-11H,1-4H3,(H,20,21). The van der Waals surface area contributed by atoms with E-state index >= 15 is 0 Å². The minimum atomic E-state index is -0.335. The lowest BCUT2D eigenvalue weighted by Crippen LogP contribution is -2.17. The number of amides is 1. The number of methoxy groups -OCH3 is 4. The fourth-order valence-electron chi connectivity index (χ4n) is 2.12. The van der Waals surface area contributed by atoms with Crippen molar-refractivity contribution in [1.29, 1.82) is 0 Å². The van der Waals surface area contributed by atoms with Gasteiger partial charge in [-0.05, 0) is 30.3 Å². The second kappa shape index (κ2) is 8.58. The summed E-state index contributed by atoms with van der Waals surface area (Å²) in [6, 6.07) is 10.1. The van der Waals surface area contributed by atoms with Crippen molar-refractivity contribution >= 4 is 12.1 Å². The summed E-state index contributed by atoms with van der Waals surface area (Å²) in [6.07, 6.45) is 1.47. The SMILES string of the molecule is COc1ccc(C(=O)NN=Cc2cc(OC)c(OC)cc2OC)cc1. The average molecular weight is 344 g/mol. The molecule has 0 aliphatic heterocycles. The fraction of sp³-hybridized carbons (Fsp3) is 0.222. The van der Waals surface area contributed by atoms with Crippen LogP contribution in [0.25, 0.3) is 0 Å². The first-order chi connectivity index (χ1) is 12.1. The number of nitrogens with zero attached hydrogens (tertiary/aromatic N) is 1. The molecule has 2 rings (SSSR count). The van der Waals surface area contributed by atoms with Crippen LogP contribution in [0.15, 0.2) is 41.5 Å². The van der Waals surface area contributed by atoms with Crippen LogP contribution in [0.4, 0.5) is 0 Å². The van der Waals surface area contributed by atoms with Gasteiger partial charge >= 0.3 is 0 Å². The van der Waals surface area contributed by atoms with Gasteiger partial charge in [-0.15, -0.1) is 0 Å². The normalized spacial score (nSPS) is 10.4. The molecule has 0 fully saturated rings. The lowest BCUT2D eigenvalue weighted by Gasteiger charge is -2.11. The van der Waals surface area contributed by atoms with Crippen LogP contribution in [0, 0.1) is 0 Å². The third-order valence-corrected chi connectivity index (χ3v) is 3.46. The summed E-state index contributed by atoms with van der Waals surface area (Å²) in [5.74, 6) is 1.96. The molecule has 7 heteroatoms. The van der Waals surface area contributed by atoms with E-state index in [9.17, 15) is 4.79 Å². The molecule has 0 radical (unpaired) electrons. The lowest BCUT2D eigenvalue weighted by molar-refractivity contribution is 0.0955. The van der Waals surface area contributed by atoms with Crippen molar-refractivity contribution in [2.24, 2.45) is 5.10 Å². The molecule has 1 amide bonds. The maximum atomic E-state index is 12.1. The summed E-state index contributed by atoms with van der Waals surface area (Å²) in [5.41, 5.74) is 3.57.